The molecule has 2 N–H and O–H groups in total. The van der Waals surface area contributed by atoms with Crippen LogP contribution in [0.1, 0.15) is 23.3 Å². The summed E-state index contributed by atoms with van der Waals surface area (Å²) in [5, 5.41) is 4.03. The van der Waals surface area contributed by atoms with Gasteiger partial charge >= 0.3 is 0 Å². The first-order valence-corrected chi connectivity index (χ1v) is 6.76. The first-order valence-electron chi connectivity index (χ1n) is 6.76. The highest BCUT2D eigenvalue weighted by Gasteiger charge is 2.16. The summed E-state index contributed by atoms with van der Waals surface area (Å²) in [5.74, 6) is 0.568. The number of carbonyl (C=O) groups excluding carboxylic acids is 1. The molecule has 1 aliphatic heterocycles. The van der Waals surface area contributed by atoms with Gasteiger partial charge in [0.1, 0.15) is 5.69 Å². The SMILES string of the molecule is O=C(NCCC1CCOC1)c1cc2ccccc2[nH]1. The summed E-state index contributed by atoms with van der Waals surface area (Å²) >= 11 is 0. The second-order valence-corrected chi connectivity index (χ2v) is 5.04. The maximum atomic E-state index is 12.0. The molecule has 4 heteroatoms. The molecule has 2 aromatic rings. The van der Waals surface area contributed by atoms with Gasteiger partial charge in [-0.3, -0.25) is 4.79 Å². The molecular weight excluding hydrogens is 240 g/mol. The minimum atomic E-state index is -0.0323. The van der Waals surface area contributed by atoms with E-state index in [4.69, 9.17) is 4.74 Å². The first-order chi connectivity index (χ1) is 9.33. The van der Waals surface area contributed by atoms with Gasteiger partial charge in [0, 0.05) is 30.7 Å². The second-order valence-electron chi connectivity index (χ2n) is 5.04. The average Bonchev–Trinajstić information content (AvgIpc) is 3.07. The second kappa shape index (κ2) is 5.45. The number of fused-ring (bicyclic) bond motifs is 1. The normalized spacial score (nSPS) is 18.8. The van der Waals surface area contributed by atoms with Crippen LogP contribution >= 0.6 is 0 Å². The van der Waals surface area contributed by atoms with Crippen LogP contribution in [0.25, 0.3) is 10.9 Å². The van der Waals surface area contributed by atoms with Crippen molar-refractivity contribution < 1.29 is 9.53 Å². The fraction of sp³-hybridized carbons (Fsp3) is 0.400. The molecule has 1 aromatic heterocycles. The van der Waals surface area contributed by atoms with Crippen molar-refractivity contribution in [3.63, 3.8) is 0 Å². The number of rotatable bonds is 4. The van der Waals surface area contributed by atoms with Gasteiger partial charge in [0.15, 0.2) is 0 Å². The van der Waals surface area contributed by atoms with E-state index in [1.165, 1.54) is 0 Å². The zero-order valence-electron chi connectivity index (χ0n) is 10.8. The highest BCUT2D eigenvalue weighted by Crippen LogP contribution is 2.16. The summed E-state index contributed by atoms with van der Waals surface area (Å²) in [4.78, 5) is 15.2. The van der Waals surface area contributed by atoms with Gasteiger partial charge in [0.25, 0.3) is 5.91 Å². The number of amides is 1. The number of hydrogen-bond acceptors (Lipinski definition) is 2. The molecule has 0 radical (unpaired) electrons. The molecule has 0 spiro atoms. The molecule has 1 aromatic carbocycles. The molecule has 0 saturated carbocycles. The van der Waals surface area contributed by atoms with Crippen molar-refractivity contribution in [3.05, 3.63) is 36.0 Å². The van der Waals surface area contributed by atoms with E-state index in [0.717, 1.165) is 37.0 Å². The van der Waals surface area contributed by atoms with Gasteiger partial charge in [-0.05, 0) is 30.9 Å². The van der Waals surface area contributed by atoms with E-state index in [1.54, 1.807) is 0 Å². The van der Waals surface area contributed by atoms with Crippen LogP contribution in [0.3, 0.4) is 0 Å². The molecule has 0 aliphatic carbocycles. The summed E-state index contributed by atoms with van der Waals surface area (Å²) in [5.41, 5.74) is 1.63. The summed E-state index contributed by atoms with van der Waals surface area (Å²) in [6.45, 7) is 2.41. The summed E-state index contributed by atoms with van der Waals surface area (Å²) in [6.07, 6.45) is 2.11. The molecule has 1 aliphatic rings. The van der Waals surface area contributed by atoms with Gasteiger partial charge in [-0.25, -0.2) is 0 Å². The van der Waals surface area contributed by atoms with Crippen LogP contribution in [0.5, 0.6) is 0 Å². The maximum absolute atomic E-state index is 12.0. The lowest BCUT2D eigenvalue weighted by Gasteiger charge is -2.07. The molecule has 1 saturated heterocycles. The standard InChI is InChI=1S/C15H18N2O2/c18-15(16-7-5-11-6-8-19-10-11)14-9-12-3-1-2-4-13(12)17-14/h1-4,9,11,17H,5-8,10H2,(H,16,18). The topological polar surface area (TPSA) is 54.1 Å². The van der Waals surface area contributed by atoms with Crippen molar-refractivity contribution >= 4 is 16.8 Å². The van der Waals surface area contributed by atoms with Gasteiger partial charge < -0.3 is 15.0 Å². The van der Waals surface area contributed by atoms with Crippen LogP contribution < -0.4 is 5.32 Å². The molecule has 0 bridgehead atoms. The molecule has 1 amide bonds. The molecule has 100 valence electrons. The highest BCUT2D eigenvalue weighted by atomic mass is 16.5. The number of para-hydroxylation sites is 1. The van der Waals surface area contributed by atoms with Crippen LogP contribution in [0.15, 0.2) is 30.3 Å². The third-order valence-electron chi connectivity index (χ3n) is 3.64. The number of hydrogen-bond donors (Lipinski definition) is 2. The lowest BCUT2D eigenvalue weighted by atomic mass is 10.1. The molecule has 3 rings (SSSR count). The highest BCUT2D eigenvalue weighted by molar-refractivity contribution is 5.97. The summed E-state index contributed by atoms with van der Waals surface area (Å²) < 4.78 is 5.32. The van der Waals surface area contributed by atoms with Crippen molar-refractivity contribution in [2.45, 2.75) is 12.8 Å². The Morgan fingerprint density at radius 3 is 3.11 bits per heavy atom. The van der Waals surface area contributed by atoms with E-state index < -0.39 is 0 Å². The Morgan fingerprint density at radius 1 is 1.42 bits per heavy atom. The van der Waals surface area contributed by atoms with E-state index in [1.807, 2.05) is 30.3 Å². The summed E-state index contributed by atoms with van der Waals surface area (Å²) in [6, 6.07) is 9.79. The Morgan fingerprint density at radius 2 is 2.32 bits per heavy atom. The van der Waals surface area contributed by atoms with Gasteiger partial charge in [-0.1, -0.05) is 18.2 Å². The number of benzene rings is 1. The fourth-order valence-electron chi connectivity index (χ4n) is 2.49. The van der Waals surface area contributed by atoms with Crippen LogP contribution in [-0.2, 0) is 4.74 Å². The van der Waals surface area contributed by atoms with E-state index in [0.29, 0.717) is 18.2 Å². The largest absolute Gasteiger partial charge is 0.381 e. The van der Waals surface area contributed by atoms with Crippen LogP contribution in [-0.4, -0.2) is 30.6 Å². The number of nitrogens with one attached hydrogen (secondary N) is 2. The van der Waals surface area contributed by atoms with Crippen LogP contribution in [0.2, 0.25) is 0 Å². The Labute approximate surface area is 112 Å². The predicted octanol–water partition coefficient (Wildman–Crippen LogP) is 2.32. The Kier molecular flexibility index (Phi) is 3.51. The molecule has 1 atom stereocenters. The first kappa shape index (κ1) is 12.2. The third kappa shape index (κ3) is 2.79. The van der Waals surface area contributed by atoms with E-state index >= 15 is 0 Å². The molecule has 1 fully saturated rings. The zero-order valence-corrected chi connectivity index (χ0v) is 10.8. The van der Waals surface area contributed by atoms with Crippen molar-refractivity contribution in [1.29, 1.82) is 0 Å². The predicted molar refractivity (Wildman–Crippen MR) is 74.2 cm³/mol. The number of H-pyrrole nitrogens is 1. The zero-order chi connectivity index (χ0) is 13.1. The minimum Gasteiger partial charge on any atom is -0.381 e. The van der Waals surface area contributed by atoms with Gasteiger partial charge in [-0.15, -0.1) is 0 Å². The average molecular weight is 258 g/mol. The van der Waals surface area contributed by atoms with Crippen molar-refractivity contribution in [2.75, 3.05) is 19.8 Å². The van der Waals surface area contributed by atoms with Crippen molar-refractivity contribution in [1.82, 2.24) is 10.3 Å². The van der Waals surface area contributed by atoms with E-state index in [-0.39, 0.29) is 5.91 Å². The van der Waals surface area contributed by atoms with Crippen LogP contribution in [0.4, 0.5) is 0 Å². The third-order valence-corrected chi connectivity index (χ3v) is 3.64. The Bertz CT molecular complexity index is 537. The minimum absolute atomic E-state index is 0.0323. The van der Waals surface area contributed by atoms with Crippen LogP contribution in [0, 0.1) is 5.92 Å². The monoisotopic (exact) mass is 258 g/mol. The molecule has 19 heavy (non-hydrogen) atoms. The molecule has 4 nitrogen and oxygen atoms in total. The maximum Gasteiger partial charge on any atom is 0.267 e. The smallest absolute Gasteiger partial charge is 0.267 e. The lowest BCUT2D eigenvalue weighted by Crippen LogP contribution is -2.26. The van der Waals surface area contributed by atoms with Gasteiger partial charge in [0.05, 0.1) is 0 Å². The number of carbonyl (C=O) groups is 1. The van der Waals surface area contributed by atoms with E-state index in [9.17, 15) is 4.79 Å². The van der Waals surface area contributed by atoms with Gasteiger partial charge in [-0.2, -0.15) is 0 Å². The molecule has 2 heterocycles. The quantitative estimate of drug-likeness (QED) is 0.884. The van der Waals surface area contributed by atoms with E-state index in [2.05, 4.69) is 10.3 Å². The van der Waals surface area contributed by atoms with Crippen molar-refractivity contribution in [3.8, 4) is 0 Å². The lowest BCUT2D eigenvalue weighted by molar-refractivity contribution is 0.0946. The molecule has 1 unspecified atom stereocenters. The number of aromatic nitrogens is 1. The number of ether oxygens (including phenoxy) is 1. The molecular formula is C15H18N2O2. The van der Waals surface area contributed by atoms with Gasteiger partial charge in [0.2, 0.25) is 0 Å². The number of aromatic amines is 1. The fourth-order valence-corrected chi connectivity index (χ4v) is 2.49. The summed E-state index contributed by atoms with van der Waals surface area (Å²) in [7, 11) is 0. The Hall–Kier alpha value is -1.81. The Balaban J connectivity index is 1.57. The van der Waals surface area contributed by atoms with Crippen molar-refractivity contribution in [2.24, 2.45) is 5.92 Å².